The Morgan fingerprint density at radius 2 is 0.962 bits per heavy atom. The number of rotatable bonds is 4. The molecule has 0 amide bonds. The molecule has 0 unspecified atom stereocenters. The number of nitrogens with zero attached hydrogens (tertiary/aromatic N) is 3. The Kier molecular flexibility index (Phi) is 6.22. The monoisotopic (exact) mass is 663 g/mol. The van der Waals surface area contributed by atoms with Crippen molar-refractivity contribution in [2.75, 3.05) is 0 Å². The van der Waals surface area contributed by atoms with Crippen molar-refractivity contribution in [3.8, 4) is 39.6 Å². The SMILES string of the molecule is c1ccc(-c2cc(-c3ccccc3)nc(-c3cccc4oc5c(-n6c7ccc8ccccc8c7c7c8ccccc8ccc76)cccc5c34)n2)cc1. The van der Waals surface area contributed by atoms with E-state index >= 15 is 0 Å². The molecule has 11 aromatic rings. The average molecular weight is 664 g/mol. The number of hydrogen-bond donors (Lipinski definition) is 0. The number of furan rings is 1. The number of benzene rings is 8. The highest BCUT2D eigenvalue weighted by atomic mass is 16.3. The van der Waals surface area contributed by atoms with Gasteiger partial charge in [0.25, 0.3) is 0 Å². The molecule has 4 heteroatoms. The molecule has 0 saturated heterocycles. The second kappa shape index (κ2) is 11.2. The topological polar surface area (TPSA) is 43.9 Å². The zero-order valence-electron chi connectivity index (χ0n) is 28.0. The third kappa shape index (κ3) is 4.28. The molecule has 242 valence electrons. The van der Waals surface area contributed by atoms with Crippen molar-refractivity contribution >= 4 is 65.3 Å². The highest BCUT2D eigenvalue weighted by molar-refractivity contribution is 6.29. The highest BCUT2D eigenvalue weighted by Crippen LogP contribution is 2.44. The highest BCUT2D eigenvalue weighted by Gasteiger charge is 2.22. The summed E-state index contributed by atoms with van der Waals surface area (Å²) in [6, 6.07) is 61.7. The molecule has 0 atom stereocenters. The van der Waals surface area contributed by atoms with Gasteiger partial charge in [-0.05, 0) is 51.9 Å². The molecule has 0 fully saturated rings. The van der Waals surface area contributed by atoms with Gasteiger partial charge in [-0.3, -0.25) is 0 Å². The van der Waals surface area contributed by atoms with E-state index in [4.69, 9.17) is 14.4 Å². The molecule has 3 aromatic heterocycles. The summed E-state index contributed by atoms with van der Waals surface area (Å²) in [5, 5.41) is 9.45. The van der Waals surface area contributed by atoms with Crippen molar-refractivity contribution in [2.24, 2.45) is 0 Å². The smallest absolute Gasteiger partial charge is 0.161 e. The van der Waals surface area contributed by atoms with Crippen LogP contribution in [-0.4, -0.2) is 14.5 Å². The lowest BCUT2D eigenvalue weighted by Gasteiger charge is -2.10. The normalized spacial score (nSPS) is 11.8. The van der Waals surface area contributed by atoms with Crippen molar-refractivity contribution in [1.29, 1.82) is 0 Å². The second-order valence-electron chi connectivity index (χ2n) is 13.3. The van der Waals surface area contributed by atoms with Crippen LogP contribution in [0.1, 0.15) is 0 Å². The molecule has 0 aliphatic heterocycles. The minimum atomic E-state index is 0.661. The van der Waals surface area contributed by atoms with Gasteiger partial charge in [-0.2, -0.15) is 0 Å². The minimum Gasteiger partial charge on any atom is -0.454 e. The fourth-order valence-electron chi connectivity index (χ4n) is 8.08. The Morgan fingerprint density at radius 3 is 1.58 bits per heavy atom. The maximum Gasteiger partial charge on any atom is 0.161 e. The standard InChI is InChI=1S/C48H29N3O/c1-3-15-32(16-4-1)38-29-39(33-17-5-2-6-18-33)50-48(49-38)37-22-12-24-43-44(37)36-21-11-23-42(47(36)52-43)51-40-27-25-30-13-7-9-19-34(30)45(40)46-35-20-10-8-14-31(35)26-28-41(46)51/h1-29H. The predicted molar refractivity (Wildman–Crippen MR) is 215 cm³/mol. The predicted octanol–water partition coefficient (Wildman–Crippen LogP) is 12.8. The molecule has 3 heterocycles. The lowest BCUT2D eigenvalue weighted by Crippen LogP contribution is -1.96. The minimum absolute atomic E-state index is 0.661. The first-order chi connectivity index (χ1) is 25.8. The van der Waals surface area contributed by atoms with Gasteiger partial charge in [0.1, 0.15) is 5.58 Å². The third-order valence-corrected chi connectivity index (χ3v) is 10.4. The van der Waals surface area contributed by atoms with E-state index in [-0.39, 0.29) is 0 Å². The van der Waals surface area contributed by atoms with Crippen LogP contribution >= 0.6 is 0 Å². The summed E-state index contributed by atoms with van der Waals surface area (Å²) in [4.78, 5) is 10.4. The Hall–Kier alpha value is -7.04. The van der Waals surface area contributed by atoms with Crippen LogP contribution in [0.2, 0.25) is 0 Å². The summed E-state index contributed by atoms with van der Waals surface area (Å²) in [6.45, 7) is 0. The molecule has 0 saturated carbocycles. The number of para-hydroxylation sites is 1. The van der Waals surface area contributed by atoms with Gasteiger partial charge in [-0.1, -0.05) is 146 Å². The Balaban J connectivity index is 1.21. The van der Waals surface area contributed by atoms with Gasteiger partial charge >= 0.3 is 0 Å². The molecular formula is C48H29N3O. The van der Waals surface area contributed by atoms with Gasteiger partial charge in [0.15, 0.2) is 11.4 Å². The van der Waals surface area contributed by atoms with Crippen molar-refractivity contribution in [2.45, 2.75) is 0 Å². The maximum atomic E-state index is 6.90. The number of fused-ring (bicyclic) bond motifs is 10. The van der Waals surface area contributed by atoms with E-state index in [1.54, 1.807) is 0 Å². The molecule has 4 nitrogen and oxygen atoms in total. The molecule has 0 spiro atoms. The molecule has 52 heavy (non-hydrogen) atoms. The fourth-order valence-corrected chi connectivity index (χ4v) is 8.08. The molecule has 0 aliphatic rings. The van der Waals surface area contributed by atoms with Gasteiger partial charge < -0.3 is 8.98 Å². The lowest BCUT2D eigenvalue weighted by atomic mass is 10.00. The average Bonchev–Trinajstić information content (AvgIpc) is 3.78. The van der Waals surface area contributed by atoms with Gasteiger partial charge in [0.05, 0.1) is 28.1 Å². The fraction of sp³-hybridized carbons (Fsp3) is 0. The molecular weight excluding hydrogens is 635 g/mol. The molecule has 0 N–H and O–H groups in total. The molecule has 0 bridgehead atoms. The summed E-state index contributed by atoms with van der Waals surface area (Å²) < 4.78 is 9.28. The summed E-state index contributed by atoms with van der Waals surface area (Å²) >= 11 is 0. The van der Waals surface area contributed by atoms with Crippen molar-refractivity contribution in [3.05, 3.63) is 176 Å². The summed E-state index contributed by atoms with van der Waals surface area (Å²) in [6.07, 6.45) is 0. The van der Waals surface area contributed by atoms with Crippen LogP contribution in [0.5, 0.6) is 0 Å². The van der Waals surface area contributed by atoms with Gasteiger partial charge in [0.2, 0.25) is 0 Å². The van der Waals surface area contributed by atoms with Crippen LogP contribution in [0.4, 0.5) is 0 Å². The number of hydrogen-bond acceptors (Lipinski definition) is 3. The van der Waals surface area contributed by atoms with Crippen LogP contribution in [0.3, 0.4) is 0 Å². The third-order valence-electron chi connectivity index (χ3n) is 10.4. The first-order valence-corrected chi connectivity index (χ1v) is 17.6. The Bertz CT molecular complexity index is 3020. The van der Waals surface area contributed by atoms with E-state index in [0.717, 1.165) is 66.7 Å². The largest absolute Gasteiger partial charge is 0.454 e. The zero-order valence-corrected chi connectivity index (χ0v) is 28.0. The zero-order chi connectivity index (χ0) is 34.2. The van der Waals surface area contributed by atoms with Crippen molar-refractivity contribution < 1.29 is 4.42 Å². The maximum absolute atomic E-state index is 6.90. The van der Waals surface area contributed by atoms with Crippen molar-refractivity contribution in [1.82, 2.24) is 14.5 Å². The summed E-state index contributed by atoms with van der Waals surface area (Å²) in [7, 11) is 0. The molecule has 0 aliphatic carbocycles. The van der Waals surface area contributed by atoms with E-state index in [9.17, 15) is 0 Å². The molecule has 0 radical (unpaired) electrons. The summed E-state index contributed by atoms with van der Waals surface area (Å²) in [5.74, 6) is 0.661. The van der Waals surface area contributed by atoms with Crippen molar-refractivity contribution in [3.63, 3.8) is 0 Å². The first kappa shape index (κ1) is 28.8. The van der Waals surface area contributed by atoms with E-state index in [0.29, 0.717) is 5.82 Å². The Labute approximate surface area is 298 Å². The quantitative estimate of drug-likeness (QED) is 0.188. The first-order valence-electron chi connectivity index (χ1n) is 17.6. The van der Waals surface area contributed by atoms with Gasteiger partial charge in [0, 0.05) is 38.2 Å². The molecule has 8 aromatic carbocycles. The lowest BCUT2D eigenvalue weighted by molar-refractivity contribution is 0.666. The van der Waals surface area contributed by atoms with Crippen LogP contribution in [0.25, 0.3) is 105 Å². The van der Waals surface area contributed by atoms with Gasteiger partial charge in [-0.15, -0.1) is 0 Å². The van der Waals surface area contributed by atoms with Crippen LogP contribution in [-0.2, 0) is 0 Å². The second-order valence-corrected chi connectivity index (χ2v) is 13.3. The summed E-state index contributed by atoms with van der Waals surface area (Å²) in [5.41, 5.74) is 9.67. The van der Waals surface area contributed by atoms with Crippen LogP contribution < -0.4 is 0 Å². The van der Waals surface area contributed by atoms with E-state index < -0.39 is 0 Å². The van der Waals surface area contributed by atoms with E-state index in [1.807, 2.05) is 42.5 Å². The van der Waals surface area contributed by atoms with E-state index in [1.165, 1.54) is 32.3 Å². The number of aromatic nitrogens is 3. The molecule has 11 rings (SSSR count). The van der Waals surface area contributed by atoms with E-state index in [2.05, 4.69) is 138 Å². The van der Waals surface area contributed by atoms with Gasteiger partial charge in [-0.25, -0.2) is 9.97 Å². The Morgan fingerprint density at radius 1 is 0.423 bits per heavy atom. The van der Waals surface area contributed by atoms with Crippen LogP contribution in [0.15, 0.2) is 180 Å². The van der Waals surface area contributed by atoms with Crippen LogP contribution in [0, 0.1) is 0 Å².